The maximum Gasteiger partial charge on any atom is 0.222 e. The van der Waals surface area contributed by atoms with Gasteiger partial charge in [-0.1, -0.05) is 13.3 Å². The fourth-order valence-electron chi connectivity index (χ4n) is 1.36. The lowest BCUT2D eigenvalue weighted by Gasteiger charge is -2.18. The number of nitrogens with one attached hydrogen (secondary N) is 1. The Bertz CT molecular complexity index is 300. The highest BCUT2D eigenvalue weighted by molar-refractivity contribution is 5.24. The van der Waals surface area contributed by atoms with E-state index in [1.807, 2.05) is 26.2 Å². The predicted octanol–water partition coefficient (Wildman–Crippen LogP) is 1.97. The van der Waals surface area contributed by atoms with E-state index in [1.54, 1.807) is 0 Å². The molecule has 0 aliphatic carbocycles. The van der Waals surface area contributed by atoms with Crippen LogP contribution in [0, 0.1) is 0 Å². The first-order valence-corrected chi connectivity index (χ1v) is 5.85. The highest BCUT2D eigenvalue weighted by Crippen LogP contribution is 2.05. The molecule has 0 amide bonds. The van der Waals surface area contributed by atoms with Gasteiger partial charge in [0.1, 0.15) is 0 Å². The van der Waals surface area contributed by atoms with Gasteiger partial charge in [0.05, 0.1) is 0 Å². The third-order valence-electron chi connectivity index (χ3n) is 2.30. The summed E-state index contributed by atoms with van der Waals surface area (Å²) in [5.41, 5.74) is 6.93. The predicted molar refractivity (Wildman–Crippen MR) is 67.4 cm³/mol. The highest BCUT2D eigenvalue weighted by atomic mass is 15.1. The minimum absolute atomic E-state index is 0.144. The average Bonchev–Trinajstić information content (AvgIpc) is 2.19. The highest BCUT2D eigenvalue weighted by Gasteiger charge is 2.09. The summed E-state index contributed by atoms with van der Waals surface area (Å²) < 4.78 is 0. The average molecular weight is 222 g/mol. The maximum atomic E-state index is 5.88. The molecule has 1 aromatic heterocycles. The smallest absolute Gasteiger partial charge is 0.222 e. The molecule has 0 saturated heterocycles. The molecule has 3 N–H and O–H groups in total. The van der Waals surface area contributed by atoms with Gasteiger partial charge in [-0.2, -0.15) is 0 Å². The van der Waals surface area contributed by atoms with Gasteiger partial charge in [-0.3, -0.25) is 0 Å². The van der Waals surface area contributed by atoms with Crippen molar-refractivity contribution in [3.8, 4) is 0 Å². The SMILES string of the molecule is CCCc1cnc(NCCC(C)(C)N)nc1. The minimum atomic E-state index is -0.144. The molecule has 0 spiro atoms. The second-order valence-corrected chi connectivity index (χ2v) is 4.83. The first-order valence-electron chi connectivity index (χ1n) is 5.85. The van der Waals surface area contributed by atoms with E-state index in [0.717, 1.165) is 25.8 Å². The van der Waals surface area contributed by atoms with Crippen LogP contribution in [0.1, 0.15) is 39.2 Å². The number of hydrogen-bond donors (Lipinski definition) is 2. The normalized spacial score (nSPS) is 11.5. The van der Waals surface area contributed by atoms with Crippen LogP contribution >= 0.6 is 0 Å². The molecule has 90 valence electrons. The summed E-state index contributed by atoms with van der Waals surface area (Å²) in [6.07, 6.45) is 6.82. The summed E-state index contributed by atoms with van der Waals surface area (Å²) in [6.45, 7) is 6.98. The van der Waals surface area contributed by atoms with Crippen molar-refractivity contribution in [2.45, 2.75) is 45.6 Å². The Kier molecular flexibility index (Phi) is 4.68. The zero-order chi connectivity index (χ0) is 12.0. The molecule has 0 fully saturated rings. The van der Waals surface area contributed by atoms with Gasteiger partial charge in [-0.25, -0.2) is 9.97 Å². The van der Waals surface area contributed by atoms with E-state index in [9.17, 15) is 0 Å². The monoisotopic (exact) mass is 222 g/mol. The summed E-state index contributed by atoms with van der Waals surface area (Å²) >= 11 is 0. The quantitative estimate of drug-likeness (QED) is 0.772. The topological polar surface area (TPSA) is 63.8 Å². The third kappa shape index (κ3) is 5.07. The molecule has 16 heavy (non-hydrogen) atoms. The van der Waals surface area contributed by atoms with Crippen LogP contribution < -0.4 is 11.1 Å². The van der Waals surface area contributed by atoms with Crippen LogP contribution in [0.3, 0.4) is 0 Å². The summed E-state index contributed by atoms with van der Waals surface area (Å²) in [7, 11) is 0. The van der Waals surface area contributed by atoms with Crippen LogP contribution in [0.2, 0.25) is 0 Å². The molecule has 1 aromatic rings. The van der Waals surface area contributed by atoms with Crippen molar-refractivity contribution in [1.82, 2.24) is 9.97 Å². The van der Waals surface area contributed by atoms with Crippen LogP contribution in [0.5, 0.6) is 0 Å². The van der Waals surface area contributed by atoms with Gasteiger partial charge in [0.25, 0.3) is 0 Å². The zero-order valence-electron chi connectivity index (χ0n) is 10.5. The van der Waals surface area contributed by atoms with E-state index in [1.165, 1.54) is 5.56 Å². The van der Waals surface area contributed by atoms with Crippen molar-refractivity contribution in [3.63, 3.8) is 0 Å². The number of nitrogens with zero attached hydrogens (tertiary/aromatic N) is 2. The summed E-state index contributed by atoms with van der Waals surface area (Å²) in [4.78, 5) is 8.51. The van der Waals surface area contributed by atoms with Gasteiger partial charge in [0, 0.05) is 24.5 Å². The van der Waals surface area contributed by atoms with E-state index in [4.69, 9.17) is 5.73 Å². The van der Waals surface area contributed by atoms with Crippen LogP contribution in [-0.2, 0) is 6.42 Å². The molecule has 1 rings (SSSR count). The molecule has 0 aromatic carbocycles. The van der Waals surface area contributed by atoms with Gasteiger partial charge in [0.2, 0.25) is 5.95 Å². The minimum Gasteiger partial charge on any atom is -0.354 e. The van der Waals surface area contributed by atoms with E-state index < -0.39 is 0 Å². The number of aromatic nitrogens is 2. The van der Waals surface area contributed by atoms with Crippen molar-refractivity contribution in [3.05, 3.63) is 18.0 Å². The van der Waals surface area contributed by atoms with Crippen molar-refractivity contribution in [2.75, 3.05) is 11.9 Å². The lowest BCUT2D eigenvalue weighted by atomic mass is 10.0. The molecule has 4 nitrogen and oxygen atoms in total. The molecule has 0 atom stereocenters. The maximum absolute atomic E-state index is 5.88. The molecular weight excluding hydrogens is 200 g/mol. The van der Waals surface area contributed by atoms with Crippen molar-refractivity contribution in [2.24, 2.45) is 5.73 Å². The second-order valence-electron chi connectivity index (χ2n) is 4.83. The molecule has 0 radical (unpaired) electrons. The van der Waals surface area contributed by atoms with Crippen LogP contribution in [0.4, 0.5) is 5.95 Å². The molecule has 0 aliphatic rings. The Balaban J connectivity index is 2.37. The lowest BCUT2D eigenvalue weighted by molar-refractivity contribution is 0.490. The van der Waals surface area contributed by atoms with Crippen molar-refractivity contribution < 1.29 is 0 Å². The summed E-state index contributed by atoms with van der Waals surface area (Å²) in [5.74, 6) is 0.684. The fraction of sp³-hybridized carbons (Fsp3) is 0.667. The Hall–Kier alpha value is -1.16. The van der Waals surface area contributed by atoms with Gasteiger partial charge in [-0.15, -0.1) is 0 Å². The van der Waals surface area contributed by atoms with E-state index in [-0.39, 0.29) is 5.54 Å². The first-order chi connectivity index (χ1) is 7.51. The zero-order valence-corrected chi connectivity index (χ0v) is 10.5. The number of anilines is 1. The molecule has 4 heteroatoms. The standard InChI is InChI=1S/C12H22N4/c1-4-5-10-8-15-11(16-9-10)14-7-6-12(2,3)13/h8-9H,4-7,13H2,1-3H3,(H,14,15,16). The van der Waals surface area contributed by atoms with E-state index in [2.05, 4.69) is 22.2 Å². The van der Waals surface area contributed by atoms with Gasteiger partial charge in [0.15, 0.2) is 0 Å². The Morgan fingerprint density at radius 1 is 1.31 bits per heavy atom. The van der Waals surface area contributed by atoms with Gasteiger partial charge < -0.3 is 11.1 Å². The van der Waals surface area contributed by atoms with Crippen molar-refractivity contribution >= 4 is 5.95 Å². The number of nitrogens with two attached hydrogens (primary N) is 1. The first kappa shape index (κ1) is 12.9. The molecule has 0 unspecified atom stereocenters. The second kappa shape index (κ2) is 5.80. The van der Waals surface area contributed by atoms with Crippen LogP contribution in [-0.4, -0.2) is 22.1 Å². The molecule has 1 heterocycles. The summed E-state index contributed by atoms with van der Waals surface area (Å²) in [5, 5.41) is 3.17. The van der Waals surface area contributed by atoms with E-state index >= 15 is 0 Å². The fourth-order valence-corrected chi connectivity index (χ4v) is 1.36. The van der Waals surface area contributed by atoms with Crippen LogP contribution in [0.15, 0.2) is 12.4 Å². The molecule has 0 aliphatic heterocycles. The summed E-state index contributed by atoms with van der Waals surface area (Å²) in [6, 6.07) is 0. The molecule has 0 saturated carbocycles. The van der Waals surface area contributed by atoms with Gasteiger partial charge >= 0.3 is 0 Å². The number of hydrogen-bond acceptors (Lipinski definition) is 4. The largest absolute Gasteiger partial charge is 0.354 e. The number of rotatable bonds is 6. The van der Waals surface area contributed by atoms with E-state index in [0.29, 0.717) is 5.95 Å². The van der Waals surface area contributed by atoms with Crippen molar-refractivity contribution in [1.29, 1.82) is 0 Å². The third-order valence-corrected chi connectivity index (χ3v) is 2.30. The van der Waals surface area contributed by atoms with Crippen LogP contribution in [0.25, 0.3) is 0 Å². The van der Waals surface area contributed by atoms with Gasteiger partial charge in [-0.05, 0) is 32.3 Å². The number of aryl methyl sites for hydroxylation is 1. The Labute approximate surface area is 97.7 Å². The lowest BCUT2D eigenvalue weighted by Crippen LogP contribution is -2.34. The molecule has 0 bridgehead atoms. The molecular formula is C12H22N4. The Morgan fingerprint density at radius 2 is 1.94 bits per heavy atom. The Morgan fingerprint density at radius 3 is 2.44 bits per heavy atom.